The lowest BCUT2D eigenvalue weighted by molar-refractivity contribution is -0.129. The maximum Gasteiger partial charge on any atom is 0.363 e. The summed E-state index contributed by atoms with van der Waals surface area (Å²) in [6, 6.07) is 10.4. The lowest BCUT2D eigenvalue weighted by Gasteiger charge is -2.13. The van der Waals surface area contributed by atoms with Crippen molar-refractivity contribution >= 4 is 29.5 Å². The van der Waals surface area contributed by atoms with Crippen LogP contribution in [0.3, 0.4) is 0 Å². The highest BCUT2D eigenvalue weighted by Crippen LogP contribution is 2.39. The molecule has 7 heteroatoms. The molecule has 1 heterocycles. The summed E-state index contributed by atoms with van der Waals surface area (Å²) in [4.78, 5) is 16.4. The summed E-state index contributed by atoms with van der Waals surface area (Å²) < 4.78 is 21.2. The van der Waals surface area contributed by atoms with E-state index < -0.39 is 5.97 Å². The van der Waals surface area contributed by atoms with E-state index in [-0.39, 0.29) is 11.6 Å². The zero-order valence-electron chi connectivity index (χ0n) is 14.4. The van der Waals surface area contributed by atoms with Crippen molar-refractivity contribution in [3.8, 4) is 17.2 Å². The molecule has 0 saturated heterocycles. The largest absolute Gasteiger partial charge is 0.493 e. The molecule has 134 valence electrons. The number of esters is 1. The molecule has 0 aliphatic carbocycles. The third-order valence-corrected chi connectivity index (χ3v) is 3.92. The number of benzene rings is 2. The highest BCUT2D eigenvalue weighted by molar-refractivity contribution is 6.30. The zero-order valence-corrected chi connectivity index (χ0v) is 15.2. The minimum absolute atomic E-state index is 0.155. The van der Waals surface area contributed by atoms with Gasteiger partial charge in [-0.3, -0.25) is 0 Å². The Bertz CT molecular complexity index is 895. The van der Waals surface area contributed by atoms with Gasteiger partial charge in [0.15, 0.2) is 17.2 Å². The van der Waals surface area contributed by atoms with Crippen molar-refractivity contribution < 1.29 is 23.7 Å². The van der Waals surface area contributed by atoms with E-state index in [4.69, 9.17) is 30.5 Å². The van der Waals surface area contributed by atoms with Gasteiger partial charge < -0.3 is 18.9 Å². The first-order valence-corrected chi connectivity index (χ1v) is 8.02. The molecule has 0 aromatic heterocycles. The van der Waals surface area contributed by atoms with Gasteiger partial charge in [-0.05, 0) is 35.9 Å². The molecule has 2 aromatic rings. The fourth-order valence-corrected chi connectivity index (χ4v) is 2.69. The summed E-state index contributed by atoms with van der Waals surface area (Å²) >= 11 is 5.97. The Kier molecular flexibility index (Phi) is 5.14. The third kappa shape index (κ3) is 3.50. The highest BCUT2D eigenvalue weighted by atomic mass is 35.5. The molecule has 0 amide bonds. The fourth-order valence-electron chi connectivity index (χ4n) is 2.49. The lowest BCUT2D eigenvalue weighted by Crippen LogP contribution is -2.06. The van der Waals surface area contributed by atoms with Gasteiger partial charge >= 0.3 is 5.97 Å². The van der Waals surface area contributed by atoms with E-state index in [9.17, 15) is 4.79 Å². The van der Waals surface area contributed by atoms with Crippen LogP contribution in [-0.4, -0.2) is 33.2 Å². The highest BCUT2D eigenvalue weighted by Gasteiger charge is 2.26. The first-order valence-electron chi connectivity index (χ1n) is 7.64. The Morgan fingerprint density at radius 2 is 1.73 bits per heavy atom. The number of methoxy groups -OCH3 is 3. The van der Waals surface area contributed by atoms with Crippen molar-refractivity contribution in [3.63, 3.8) is 0 Å². The van der Waals surface area contributed by atoms with Gasteiger partial charge in [0, 0.05) is 10.6 Å². The van der Waals surface area contributed by atoms with Crippen molar-refractivity contribution in [1.82, 2.24) is 0 Å². The van der Waals surface area contributed by atoms with Crippen molar-refractivity contribution in [2.24, 2.45) is 4.99 Å². The molecule has 0 spiro atoms. The van der Waals surface area contributed by atoms with Crippen molar-refractivity contribution in [2.75, 3.05) is 21.3 Å². The number of hydrogen-bond acceptors (Lipinski definition) is 6. The maximum atomic E-state index is 12.2. The monoisotopic (exact) mass is 373 g/mol. The summed E-state index contributed by atoms with van der Waals surface area (Å²) in [6.07, 6.45) is 1.61. The van der Waals surface area contributed by atoms with Gasteiger partial charge in [-0.15, -0.1) is 0 Å². The molecule has 0 atom stereocenters. The van der Waals surface area contributed by atoms with Crippen LogP contribution in [0.15, 0.2) is 47.1 Å². The standard InChI is InChI=1S/C19H16ClNO5/c1-23-15-9-12(10-16(24-2)17(15)25-3)18-21-14(19(22)26-18)8-11-5-4-6-13(20)7-11/h4-10H,1-3H3/b14-8-. The number of rotatable bonds is 5. The Morgan fingerprint density at radius 3 is 2.31 bits per heavy atom. The quantitative estimate of drug-likeness (QED) is 0.590. The lowest BCUT2D eigenvalue weighted by atomic mass is 10.1. The Hall–Kier alpha value is -2.99. The summed E-state index contributed by atoms with van der Waals surface area (Å²) in [5.74, 6) is 0.926. The van der Waals surface area contributed by atoms with E-state index in [0.29, 0.717) is 27.8 Å². The average molecular weight is 374 g/mol. The molecular formula is C19H16ClNO5. The first kappa shape index (κ1) is 17.8. The SMILES string of the molecule is COc1cc(C2=N/C(=C\c3cccc(Cl)c3)C(=O)O2)cc(OC)c1OC. The first-order chi connectivity index (χ1) is 12.5. The summed E-state index contributed by atoms with van der Waals surface area (Å²) in [7, 11) is 4.53. The molecule has 3 rings (SSSR count). The molecule has 0 bridgehead atoms. The van der Waals surface area contributed by atoms with E-state index in [1.807, 2.05) is 6.07 Å². The molecular weight excluding hydrogens is 358 g/mol. The molecule has 1 aliphatic heterocycles. The number of cyclic esters (lactones) is 1. The molecule has 26 heavy (non-hydrogen) atoms. The molecule has 1 aliphatic rings. The second-order valence-corrected chi connectivity index (χ2v) is 5.74. The van der Waals surface area contributed by atoms with E-state index in [0.717, 1.165) is 5.56 Å². The average Bonchev–Trinajstić information content (AvgIpc) is 3.01. The van der Waals surface area contributed by atoms with E-state index >= 15 is 0 Å². The number of carbonyl (C=O) groups excluding carboxylic acids is 1. The molecule has 0 unspecified atom stereocenters. The summed E-state index contributed by atoms with van der Waals surface area (Å²) in [6.45, 7) is 0. The van der Waals surface area contributed by atoms with Crippen LogP contribution in [0.1, 0.15) is 11.1 Å². The van der Waals surface area contributed by atoms with E-state index in [2.05, 4.69) is 4.99 Å². The number of carbonyl (C=O) groups is 1. The minimum atomic E-state index is -0.547. The van der Waals surface area contributed by atoms with E-state index in [1.165, 1.54) is 21.3 Å². The van der Waals surface area contributed by atoms with Crippen LogP contribution in [0.4, 0.5) is 0 Å². The zero-order chi connectivity index (χ0) is 18.7. The van der Waals surface area contributed by atoms with Crippen molar-refractivity contribution in [3.05, 3.63) is 58.2 Å². The molecule has 0 radical (unpaired) electrons. The third-order valence-electron chi connectivity index (χ3n) is 3.68. The number of halogens is 1. The van der Waals surface area contributed by atoms with Crippen LogP contribution in [0.25, 0.3) is 6.08 Å². The van der Waals surface area contributed by atoms with Crippen LogP contribution in [0.5, 0.6) is 17.2 Å². The smallest absolute Gasteiger partial charge is 0.363 e. The van der Waals surface area contributed by atoms with Crippen LogP contribution < -0.4 is 14.2 Å². The number of aliphatic imine (C=N–C) groups is 1. The Morgan fingerprint density at radius 1 is 1.04 bits per heavy atom. The predicted octanol–water partition coefficient (Wildman–Crippen LogP) is 3.71. The number of hydrogen-bond donors (Lipinski definition) is 0. The van der Waals surface area contributed by atoms with Gasteiger partial charge in [0.2, 0.25) is 11.6 Å². The molecule has 6 nitrogen and oxygen atoms in total. The fraction of sp³-hybridized carbons (Fsp3) is 0.158. The van der Waals surface area contributed by atoms with Crippen LogP contribution in [0, 0.1) is 0 Å². The second-order valence-electron chi connectivity index (χ2n) is 5.31. The molecule has 0 saturated carbocycles. The summed E-state index contributed by atoms with van der Waals surface area (Å²) in [5.41, 5.74) is 1.46. The molecule has 0 N–H and O–H groups in total. The van der Waals surface area contributed by atoms with Gasteiger partial charge in [0.05, 0.1) is 21.3 Å². The van der Waals surface area contributed by atoms with Gasteiger partial charge in [-0.1, -0.05) is 23.7 Å². The maximum absolute atomic E-state index is 12.2. The van der Waals surface area contributed by atoms with Crippen molar-refractivity contribution in [1.29, 1.82) is 0 Å². The Balaban J connectivity index is 2.01. The minimum Gasteiger partial charge on any atom is -0.493 e. The molecule has 0 fully saturated rings. The van der Waals surface area contributed by atoms with Crippen LogP contribution in [0.2, 0.25) is 5.02 Å². The van der Waals surface area contributed by atoms with Gasteiger partial charge in [-0.2, -0.15) is 0 Å². The van der Waals surface area contributed by atoms with Gasteiger partial charge in [-0.25, -0.2) is 9.79 Å². The predicted molar refractivity (Wildman–Crippen MR) is 98.2 cm³/mol. The molecule has 2 aromatic carbocycles. The normalized spacial score (nSPS) is 14.8. The van der Waals surface area contributed by atoms with E-state index in [1.54, 1.807) is 36.4 Å². The van der Waals surface area contributed by atoms with Crippen LogP contribution >= 0.6 is 11.6 Å². The number of nitrogens with zero attached hydrogens (tertiary/aromatic N) is 1. The van der Waals surface area contributed by atoms with Gasteiger partial charge in [0.1, 0.15) is 0 Å². The van der Waals surface area contributed by atoms with Crippen LogP contribution in [-0.2, 0) is 9.53 Å². The van der Waals surface area contributed by atoms with Crippen molar-refractivity contribution in [2.45, 2.75) is 0 Å². The second kappa shape index (κ2) is 7.49. The Labute approximate surface area is 155 Å². The summed E-state index contributed by atoms with van der Waals surface area (Å²) in [5, 5.41) is 0.569. The number of ether oxygens (including phenoxy) is 4. The topological polar surface area (TPSA) is 66.4 Å². The van der Waals surface area contributed by atoms with Gasteiger partial charge in [0.25, 0.3) is 0 Å².